The molecule has 4 rings (SSSR count). The second kappa shape index (κ2) is 7.10. The van der Waals surface area contributed by atoms with Crippen molar-refractivity contribution in [2.75, 3.05) is 19.7 Å². The van der Waals surface area contributed by atoms with Gasteiger partial charge in [-0.25, -0.2) is 0 Å². The van der Waals surface area contributed by atoms with E-state index in [9.17, 15) is 14.7 Å². The molecule has 142 valence electrons. The van der Waals surface area contributed by atoms with Crippen molar-refractivity contribution in [1.82, 2.24) is 9.80 Å². The summed E-state index contributed by atoms with van der Waals surface area (Å²) in [6.07, 6.45) is 0. The molecule has 0 spiro atoms. The first-order chi connectivity index (χ1) is 13.5. The maximum absolute atomic E-state index is 12.4. The first kappa shape index (κ1) is 18.2. The van der Waals surface area contributed by atoms with Crippen LogP contribution in [0.2, 0.25) is 0 Å². The lowest BCUT2D eigenvalue weighted by atomic mass is 9.73. The first-order valence-corrected chi connectivity index (χ1v) is 9.31. The number of carbonyl (C=O) groups excluding carboxylic acids is 2. The standard InChI is InChI=1S/C22H21N3O3/c1-14(27)24-11-19-22(20(13-26)25(19)21(28)12-24)18-8-6-17(7-9-18)16-4-2-15(10-23)3-5-16/h2-9,19-20,22,26H,11-13H2,1H3/t19-,20+,22+/m1/s1. The van der Waals surface area contributed by atoms with E-state index in [1.165, 1.54) is 6.92 Å². The van der Waals surface area contributed by atoms with Gasteiger partial charge in [0.05, 0.1) is 36.9 Å². The molecule has 0 unspecified atom stereocenters. The molecule has 2 aromatic carbocycles. The van der Waals surface area contributed by atoms with Crippen LogP contribution >= 0.6 is 0 Å². The number of hydrogen-bond acceptors (Lipinski definition) is 4. The average molecular weight is 375 g/mol. The predicted molar refractivity (Wildman–Crippen MR) is 103 cm³/mol. The smallest absolute Gasteiger partial charge is 0.242 e. The van der Waals surface area contributed by atoms with Gasteiger partial charge in [-0.1, -0.05) is 36.4 Å². The molecule has 2 saturated heterocycles. The second-order valence-corrected chi connectivity index (χ2v) is 7.35. The number of aliphatic hydroxyl groups is 1. The second-order valence-electron chi connectivity index (χ2n) is 7.35. The van der Waals surface area contributed by atoms with Gasteiger partial charge in [0.2, 0.25) is 11.8 Å². The van der Waals surface area contributed by atoms with E-state index >= 15 is 0 Å². The summed E-state index contributed by atoms with van der Waals surface area (Å²) in [6, 6.07) is 17.3. The SMILES string of the molecule is CC(=O)N1CC(=O)N2[C@H](C1)[C@H](c1ccc(-c3ccc(C#N)cc3)cc1)[C@@H]2CO. The summed E-state index contributed by atoms with van der Waals surface area (Å²) in [6.45, 7) is 1.98. The minimum atomic E-state index is -0.243. The van der Waals surface area contributed by atoms with E-state index in [2.05, 4.69) is 6.07 Å². The Balaban J connectivity index is 1.58. The van der Waals surface area contributed by atoms with Crippen molar-refractivity contribution in [3.8, 4) is 17.2 Å². The Morgan fingerprint density at radius 2 is 1.75 bits per heavy atom. The third-order valence-corrected chi connectivity index (χ3v) is 5.84. The van der Waals surface area contributed by atoms with Crippen molar-refractivity contribution < 1.29 is 14.7 Å². The number of piperazine rings is 1. The zero-order valence-corrected chi connectivity index (χ0v) is 15.6. The van der Waals surface area contributed by atoms with Gasteiger partial charge in [-0.3, -0.25) is 9.59 Å². The molecule has 0 saturated carbocycles. The summed E-state index contributed by atoms with van der Waals surface area (Å²) in [4.78, 5) is 27.5. The lowest BCUT2D eigenvalue weighted by Crippen LogP contribution is -2.73. The van der Waals surface area contributed by atoms with Crippen LogP contribution in [0.4, 0.5) is 0 Å². The third kappa shape index (κ3) is 2.94. The highest BCUT2D eigenvalue weighted by atomic mass is 16.3. The number of benzene rings is 2. The first-order valence-electron chi connectivity index (χ1n) is 9.31. The van der Waals surface area contributed by atoms with Gasteiger partial charge in [0.25, 0.3) is 0 Å². The lowest BCUT2D eigenvalue weighted by molar-refractivity contribution is -0.166. The number of hydrogen-bond donors (Lipinski definition) is 1. The van der Waals surface area contributed by atoms with Gasteiger partial charge in [-0.15, -0.1) is 0 Å². The Labute approximate surface area is 163 Å². The molecule has 0 aliphatic carbocycles. The van der Waals surface area contributed by atoms with Crippen LogP contribution in [-0.4, -0.2) is 58.5 Å². The summed E-state index contributed by atoms with van der Waals surface area (Å²) in [5.74, 6) is -0.197. The molecule has 0 bridgehead atoms. The van der Waals surface area contributed by atoms with Gasteiger partial charge in [0.1, 0.15) is 0 Å². The van der Waals surface area contributed by atoms with Crippen LogP contribution in [0.1, 0.15) is 24.0 Å². The van der Waals surface area contributed by atoms with E-state index in [0.29, 0.717) is 12.1 Å². The van der Waals surface area contributed by atoms with Crippen molar-refractivity contribution in [2.24, 2.45) is 0 Å². The van der Waals surface area contributed by atoms with Crippen LogP contribution in [0.15, 0.2) is 48.5 Å². The molecule has 2 amide bonds. The molecular formula is C22H21N3O3. The zero-order chi connectivity index (χ0) is 19.8. The van der Waals surface area contributed by atoms with Crippen LogP contribution in [-0.2, 0) is 9.59 Å². The molecule has 1 N–H and O–H groups in total. The maximum atomic E-state index is 12.4. The number of nitriles is 1. The fraction of sp³-hybridized carbons (Fsp3) is 0.318. The van der Waals surface area contributed by atoms with Crippen LogP contribution in [0, 0.1) is 11.3 Å². The highest BCUT2D eigenvalue weighted by molar-refractivity contribution is 5.87. The highest BCUT2D eigenvalue weighted by Crippen LogP contribution is 2.43. The predicted octanol–water partition coefficient (Wildman–Crippen LogP) is 1.74. The Bertz CT molecular complexity index is 946. The molecule has 0 radical (unpaired) electrons. The average Bonchev–Trinajstić information content (AvgIpc) is 2.70. The lowest BCUT2D eigenvalue weighted by Gasteiger charge is -2.58. The monoisotopic (exact) mass is 375 g/mol. The summed E-state index contributed by atoms with van der Waals surface area (Å²) < 4.78 is 0. The molecule has 2 fully saturated rings. The number of carbonyl (C=O) groups is 2. The minimum absolute atomic E-state index is 0.00566. The molecule has 28 heavy (non-hydrogen) atoms. The van der Waals surface area contributed by atoms with E-state index in [0.717, 1.165) is 16.7 Å². The minimum Gasteiger partial charge on any atom is -0.394 e. The van der Waals surface area contributed by atoms with E-state index in [1.807, 2.05) is 36.4 Å². The van der Waals surface area contributed by atoms with Crippen LogP contribution in [0.5, 0.6) is 0 Å². The summed E-state index contributed by atoms with van der Waals surface area (Å²) in [7, 11) is 0. The molecule has 6 nitrogen and oxygen atoms in total. The topological polar surface area (TPSA) is 84.6 Å². The van der Waals surface area contributed by atoms with Crippen LogP contribution < -0.4 is 0 Å². The van der Waals surface area contributed by atoms with Crippen molar-refractivity contribution in [1.29, 1.82) is 5.26 Å². The van der Waals surface area contributed by atoms with Crippen molar-refractivity contribution in [3.63, 3.8) is 0 Å². The summed E-state index contributed by atoms with van der Waals surface area (Å²) in [5.41, 5.74) is 3.73. The number of fused-ring (bicyclic) bond motifs is 1. The van der Waals surface area contributed by atoms with Gasteiger partial charge in [0.15, 0.2) is 0 Å². The van der Waals surface area contributed by atoms with Gasteiger partial charge in [0, 0.05) is 19.4 Å². The van der Waals surface area contributed by atoms with Gasteiger partial charge in [-0.2, -0.15) is 5.26 Å². The largest absolute Gasteiger partial charge is 0.394 e. The zero-order valence-electron chi connectivity index (χ0n) is 15.6. The summed E-state index contributed by atoms with van der Waals surface area (Å²) in [5, 5.41) is 18.8. The van der Waals surface area contributed by atoms with Gasteiger partial charge >= 0.3 is 0 Å². The fourth-order valence-corrected chi connectivity index (χ4v) is 4.37. The van der Waals surface area contributed by atoms with Gasteiger partial charge in [-0.05, 0) is 28.8 Å². The van der Waals surface area contributed by atoms with E-state index in [1.54, 1.807) is 21.9 Å². The molecule has 2 aliphatic heterocycles. The van der Waals surface area contributed by atoms with Gasteiger partial charge < -0.3 is 14.9 Å². The number of nitrogens with zero attached hydrogens (tertiary/aromatic N) is 3. The van der Waals surface area contributed by atoms with E-state index < -0.39 is 0 Å². The molecule has 6 heteroatoms. The molecule has 2 aliphatic rings. The Kier molecular flexibility index (Phi) is 4.62. The normalized spacial score (nSPS) is 23.6. The Hall–Kier alpha value is -3.17. The quantitative estimate of drug-likeness (QED) is 0.886. The Morgan fingerprint density at radius 1 is 1.14 bits per heavy atom. The van der Waals surface area contributed by atoms with Crippen LogP contribution in [0.25, 0.3) is 11.1 Å². The van der Waals surface area contributed by atoms with E-state index in [4.69, 9.17) is 5.26 Å². The van der Waals surface area contributed by atoms with E-state index in [-0.39, 0.29) is 43.0 Å². The summed E-state index contributed by atoms with van der Waals surface area (Å²) >= 11 is 0. The molecule has 2 aromatic rings. The highest BCUT2D eigenvalue weighted by Gasteiger charge is 2.54. The number of rotatable bonds is 3. The maximum Gasteiger partial charge on any atom is 0.242 e. The van der Waals surface area contributed by atoms with Crippen molar-refractivity contribution in [3.05, 3.63) is 59.7 Å². The Morgan fingerprint density at radius 3 is 2.29 bits per heavy atom. The van der Waals surface area contributed by atoms with Crippen LogP contribution in [0.3, 0.4) is 0 Å². The van der Waals surface area contributed by atoms with Crippen molar-refractivity contribution in [2.45, 2.75) is 24.9 Å². The fourth-order valence-electron chi connectivity index (χ4n) is 4.37. The molecule has 3 atom stereocenters. The molecular weight excluding hydrogens is 354 g/mol. The van der Waals surface area contributed by atoms with Crippen molar-refractivity contribution >= 4 is 11.8 Å². The number of amides is 2. The number of aliphatic hydroxyl groups excluding tert-OH is 1. The third-order valence-electron chi connectivity index (χ3n) is 5.84. The molecule has 2 heterocycles. The molecule has 0 aromatic heterocycles.